The van der Waals surface area contributed by atoms with E-state index in [1.165, 1.54) is 37.7 Å². The molecular weight excluding hydrogens is 259 g/mol. The van der Waals surface area contributed by atoms with Gasteiger partial charge in [-0.05, 0) is 46.3 Å². The molecule has 0 amide bonds. The molecule has 0 atom stereocenters. The topological polar surface area (TPSA) is 0 Å². The molecular formula is C12H14BrCl. The fraction of sp³-hybridized carbons (Fsp3) is 0.500. The molecule has 0 nitrogen and oxygen atoms in total. The largest absolute Gasteiger partial charge is 0.0831 e. The summed E-state index contributed by atoms with van der Waals surface area (Å²) in [4.78, 5) is 0. The van der Waals surface area contributed by atoms with Crippen LogP contribution in [0.4, 0.5) is 0 Å². The van der Waals surface area contributed by atoms with Crippen LogP contribution >= 0.6 is 27.5 Å². The maximum atomic E-state index is 6.09. The van der Waals surface area contributed by atoms with Crippen LogP contribution in [-0.2, 0) is 0 Å². The molecule has 1 aromatic rings. The molecule has 1 saturated carbocycles. The van der Waals surface area contributed by atoms with Crippen molar-refractivity contribution in [3.05, 3.63) is 33.3 Å². The molecule has 2 rings (SSSR count). The summed E-state index contributed by atoms with van der Waals surface area (Å²) in [7, 11) is 0. The maximum Gasteiger partial charge on any atom is 0.0550 e. The summed E-state index contributed by atoms with van der Waals surface area (Å²) in [6.07, 6.45) is 6.76. The molecule has 0 aromatic heterocycles. The highest BCUT2D eigenvalue weighted by Gasteiger charge is 2.18. The maximum absolute atomic E-state index is 6.09. The fourth-order valence-electron chi connectivity index (χ4n) is 2.25. The molecule has 1 aliphatic carbocycles. The molecule has 0 aliphatic heterocycles. The third-order valence-electron chi connectivity index (χ3n) is 3.03. The molecule has 0 spiro atoms. The smallest absolute Gasteiger partial charge is 0.0550 e. The lowest BCUT2D eigenvalue weighted by atomic mass is 9.84. The van der Waals surface area contributed by atoms with Gasteiger partial charge in [0.05, 0.1) is 5.02 Å². The summed E-state index contributed by atoms with van der Waals surface area (Å²) in [5.74, 6) is 0.719. The molecule has 0 N–H and O–H groups in total. The third kappa shape index (κ3) is 2.14. The summed E-state index contributed by atoms with van der Waals surface area (Å²) in [6.45, 7) is 0. The van der Waals surface area contributed by atoms with Crippen molar-refractivity contribution in [1.29, 1.82) is 0 Å². The minimum Gasteiger partial charge on any atom is -0.0831 e. The van der Waals surface area contributed by atoms with Crippen molar-refractivity contribution in [1.82, 2.24) is 0 Å². The second-order valence-electron chi connectivity index (χ2n) is 3.98. The van der Waals surface area contributed by atoms with Crippen molar-refractivity contribution in [2.45, 2.75) is 38.0 Å². The molecule has 2 heteroatoms. The zero-order valence-corrected chi connectivity index (χ0v) is 10.4. The lowest BCUT2D eigenvalue weighted by molar-refractivity contribution is 0.442. The van der Waals surface area contributed by atoms with E-state index in [4.69, 9.17) is 11.6 Å². The van der Waals surface area contributed by atoms with E-state index in [0.717, 1.165) is 15.4 Å². The predicted molar refractivity (Wildman–Crippen MR) is 65.0 cm³/mol. The summed E-state index contributed by atoms with van der Waals surface area (Å²) < 4.78 is 1.11. The quantitative estimate of drug-likeness (QED) is 0.664. The second-order valence-corrected chi connectivity index (χ2v) is 5.18. The van der Waals surface area contributed by atoms with Crippen LogP contribution in [0.3, 0.4) is 0 Å². The van der Waals surface area contributed by atoms with Gasteiger partial charge < -0.3 is 0 Å². The Balaban J connectivity index is 2.26. The molecule has 0 bridgehead atoms. The molecule has 0 saturated heterocycles. The van der Waals surface area contributed by atoms with E-state index in [1.54, 1.807) is 0 Å². The van der Waals surface area contributed by atoms with Gasteiger partial charge in [-0.15, -0.1) is 0 Å². The third-order valence-corrected chi connectivity index (χ3v) is 4.45. The van der Waals surface area contributed by atoms with E-state index in [1.807, 2.05) is 6.07 Å². The molecule has 1 aliphatic rings. The second kappa shape index (κ2) is 4.67. The first kappa shape index (κ1) is 10.5. The average Bonchev–Trinajstić information content (AvgIpc) is 2.23. The lowest BCUT2D eigenvalue weighted by Gasteiger charge is -2.23. The van der Waals surface area contributed by atoms with Gasteiger partial charge in [0.15, 0.2) is 0 Å². The lowest BCUT2D eigenvalue weighted by Crippen LogP contribution is -2.05. The number of hydrogen-bond donors (Lipinski definition) is 0. The Morgan fingerprint density at radius 2 is 1.86 bits per heavy atom. The van der Waals surface area contributed by atoms with Crippen LogP contribution in [0.2, 0.25) is 5.02 Å². The first-order valence-corrected chi connectivity index (χ1v) is 6.40. The highest BCUT2D eigenvalue weighted by molar-refractivity contribution is 9.10. The van der Waals surface area contributed by atoms with Gasteiger partial charge in [-0.1, -0.05) is 43.0 Å². The normalized spacial score (nSPS) is 18.4. The van der Waals surface area contributed by atoms with E-state index >= 15 is 0 Å². The van der Waals surface area contributed by atoms with Crippen LogP contribution in [0, 0.1) is 0 Å². The van der Waals surface area contributed by atoms with Gasteiger partial charge in [0.2, 0.25) is 0 Å². The Hall–Kier alpha value is -0.0100. The standard InChI is InChI=1S/C12H14BrCl/c13-12-10(7-4-8-11(12)14)9-5-2-1-3-6-9/h4,7-9H,1-3,5-6H2. The Bertz CT molecular complexity index is 316. The SMILES string of the molecule is Clc1cccc(C2CCCCC2)c1Br. The van der Waals surface area contributed by atoms with Gasteiger partial charge in [0.1, 0.15) is 0 Å². The van der Waals surface area contributed by atoms with Gasteiger partial charge in [0.25, 0.3) is 0 Å². The molecule has 0 unspecified atom stereocenters. The summed E-state index contributed by atoms with van der Waals surface area (Å²) in [5, 5.41) is 0.841. The molecule has 0 radical (unpaired) electrons. The first-order chi connectivity index (χ1) is 6.79. The average molecular weight is 274 g/mol. The highest BCUT2D eigenvalue weighted by Crippen LogP contribution is 2.38. The fourth-order valence-corrected chi connectivity index (χ4v) is 3.02. The molecule has 76 valence electrons. The summed E-state index contributed by atoms with van der Waals surface area (Å²) >= 11 is 9.67. The number of benzene rings is 1. The summed E-state index contributed by atoms with van der Waals surface area (Å²) in [6, 6.07) is 6.20. The van der Waals surface area contributed by atoms with Gasteiger partial charge in [0, 0.05) is 4.47 Å². The van der Waals surface area contributed by atoms with E-state index in [9.17, 15) is 0 Å². The van der Waals surface area contributed by atoms with E-state index in [2.05, 4.69) is 28.1 Å². The van der Waals surface area contributed by atoms with Crippen molar-refractivity contribution in [3.63, 3.8) is 0 Å². The van der Waals surface area contributed by atoms with Crippen LogP contribution < -0.4 is 0 Å². The summed E-state index contributed by atoms with van der Waals surface area (Å²) in [5.41, 5.74) is 1.40. The molecule has 1 fully saturated rings. The van der Waals surface area contributed by atoms with Gasteiger partial charge in [-0.3, -0.25) is 0 Å². The minimum absolute atomic E-state index is 0.719. The van der Waals surface area contributed by atoms with Crippen molar-refractivity contribution >= 4 is 27.5 Å². The van der Waals surface area contributed by atoms with E-state index in [0.29, 0.717) is 0 Å². The van der Waals surface area contributed by atoms with Crippen molar-refractivity contribution < 1.29 is 0 Å². The molecule has 0 heterocycles. The Morgan fingerprint density at radius 1 is 1.14 bits per heavy atom. The highest BCUT2D eigenvalue weighted by atomic mass is 79.9. The first-order valence-electron chi connectivity index (χ1n) is 5.23. The predicted octanol–water partition coefficient (Wildman–Crippen LogP) is 5.15. The van der Waals surface area contributed by atoms with Crippen LogP contribution in [-0.4, -0.2) is 0 Å². The zero-order valence-electron chi connectivity index (χ0n) is 8.10. The Kier molecular flexibility index (Phi) is 3.51. The van der Waals surface area contributed by atoms with Crippen molar-refractivity contribution in [2.75, 3.05) is 0 Å². The van der Waals surface area contributed by atoms with Crippen LogP contribution in [0.15, 0.2) is 22.7 Å². The van der Waals surface area contributed by atoms with E-state index in [-0.39, 0.29) is 0 Å². The van der Waals surface area contributed by atoms with Crippen LogP contribution in [0.25, 0.3) is 0 Å². The molecule has 14 heavy (non-hydrogen) atoms. The zero-order chi connectivity index (χ0) is 9.97. The van der Waals surface area contributed by atoms with Gasteiger partial charge in [-0.2, -0.15) is 0 Å². The minimum atomic E-state index is 0.719. The van der Waals surface area contributed by atoms with Crippen LogP contribution in [0.5, 0.6) is 0 Å². The molecule has 1 aromatic carbocycles. The van der Waals surface area contributed by atoms with Crippen molar-refractivity contribution in [2.24, 2.45) is 0 Å². The Morgan fingerprint density at radius 3 is 2.57 bits per heavy atom. The van der Waals surface area contributed by atoms with Gasteiger partial charge >= 0.3 is 0 Å². The van der Waals surface area contributed by atoms with E-state index < -0.39 is 0 Å². The monoisotopic (exact) mass is 272 g/mol. The number of rotatable bonds is 1. The van der Waals surface area contributed by atoms with Crippen LogP contribution in [0.1, 0.15) is 43.6 Å². The Labute approximate surface area is 98.8 Å². The van der Waals surface area contributed by atoms with Crippen molar-refractivity contribution in [3.8, 4) is 0 Å². The number of hydrogen-bond acceptors (Lipinski definition) is 0. The number of halogens is 2. The van der Waals surface area contributed by atoms with Gasteiger partial charge in [-0.25, -0.2) is 0 Å².